The fourth-order valence-electron chi connectivity index (χ4n) is 2.77. The lowest BCUT2D eigenvalue weighted by Crippen LogP contribution is -2.31. The van der Waals surface area contributed by atoms with Crippen LogP contribution < -0.4 is 5.32 Å². The second-order valence-corrected chi connectivity index (χ2v) is 5.91. The molecule has 21 heavy (non-hydrogen) atoms. The van der Waals surface area contributed by atoms with E-state index in [1.54, 1.807) is 0 Å². The summed E-state index contributed by atoms with van der Waals surface area (Å²) in [7, 11) is 0. The van der Waals surface area contributed by atoms with Crippen molar-refractivity contribution in [2.45, 2.75) is 51.5 Å². The molecule has 114 valence electrons. The van der Waals surface area contributed by atoms with Crippen molar-refractivity contribution < 1.29 is 14.7 Å². The maximum absolute atomic E-state index is 12.1. The number of carboxylic acid groups (broad SMARTS) is 1. The fraction of sp³-hybridized carbons (Fsp3) is 0.529. The van der Waals surface area contributed by atoms with Crippen LogP contribution in [0.25, 0.3) is 0 Å². The van der Waals surface area contributed by atoms with Crippen molar-refractivity contribution in [3.63, 3.8) is 0 Å². The molecular formula is C17H23NO3. The van der Waals surface area contributed by atoms with E-state index < -0.39 is 12.0 Å². The number of benzene rings is 1. The highest BCUT2D eigenvalue weighted by molar-refractivity contribution is 5.77. The Kier molecular flexibility index (Phi) is 5.37. The van der Waals surface area contributed by atoms with E-state index in [-0.39, 0.29) is 12.3 Å². The zero-order chi connectivity index (χ0) is 15.2. The zero-order valence-electron chi connectivity index (χ0n) is 12.5. The first-order valence-electron chi connectivity index (χ1n) is 7.63. The lowest BCUT2D eigenvalue weighted by molar-refractivity contribution is -0.137. The van der Waals surface area contributed by atoms with Crippen LogP contribution in [-0.2, 0) is 9.59 Å². The number of carbonyl (C=O) groups is 2. The summed E-state index contributed by atoms with van der Waals surface area (Å²) in [6.07, 6.45) is 5.05. The van der Waals surface area contributed by atoms with Gasteiger partial charge < -0.3 is 10.4 Å². The molecule has 4 heteroatoms. The third kappa shape index (κ3) is 4.59. The summed E-state index contributed by atoms with van der Waals surface area (Å²) in [5.74, 6) is -0.258. The van der Waals surface area contributed by atoms with Gasteiger partial charge in [-0.3, -0.25) is 9.59 Å². The van der Waals surface area contributed by atoms with Crippen molar-refractivity contribution in [3.8, 4) is 0 Å². The highest BCUT2D eigenvalue weighted by Crippen LogP contribution is 2.30. The number of rotatable bonds is 7. The van der Waals surface area contributed by atoms with E-state index >= 15 is 0 Å². The Labute approximate surface area is 125 Å². The first-order chi connectivity index (χ1) is 10.1. The molecule has 1 aliphatic carbocycles. The Balaban J connectivity index is 1.97. The number of amides is 1. The van der Waals surface area contributed by atoms with Gasteiger partial charge in [-0.2, -0.15) is 0 Å². The number of aryl methyl sites for hydroxylation is 1. The molecule has 1 aromatic carbocycles. The van der Waals surface area contributed by atoms with Crippen LogP contribution in [0.1, 0.15) is 55.7 Å². The molecule has 1 saturated carbocycles. The van der Waals surface area contributed by atoms with E-state index in [1.807, 2.05) is 31.2 Å². The Hall–Kier alpha value is -1.84. The predicted octanol–water partition coefficient (Wildman–Crippen LogP) is 3.21. The SMILES string of the molecule is Cc1ccccc1C(CC(=O)O)NC(=O)CCC1CCC1. The maximum Gasteiger partial charge on any atom is 0.305 e. The van der Waals surface area contributed by atoms with Gasteiger partial charge >= 0.3 is 5.97 Å². The molecule has 2 N–H and O–H groups in total. The molecule has 1 amide bonds. The van der Waals surface area contributed by atoms with Crippen LogP contribution in [0.2, 0.25) is 0 Å². The molecule has 0 aromatic heterocycles. The average molecular weight is 289 g/mol. The van der Waals surface area contributed by atoms with Crippen molar-refractivity contribution in [2.75, 3.05) is 0 Å². The van der Waals surface area contributed by atoms with Crippen LogP contribution in [0.4, 0.5) is 0 Å². The molecule has 0 bridgehead atoms. The molecule has 0 saturated heterocycles. The molecule has 1 unspecified atom stereocenters. The van der Waals surface area contributed by atoms with Crippen molar-refractivity contribution in [3.05, 3.63) is 35.4 Å². The van der Waals surface area contributed by atoms with Gasteiger partial charge in [0, 0.05) is 6.42 Å². The third-order valence-corrected chi connectivity index (χ3v) is 4.28. The number of hydrogen-bond acceptors (Lipinski definition) is 2. The molecule has 0 spiro atoms. The van der Waals surface area contributed by atoms with Gasteiger partial charge in [-0.15, -0.1) is 0 Å². The third-order valence-electron chi connectivity index (χ3n) is 4.28. The molecule has 0 aliphatic heterocycles. The minimum Gasteiger partial charge on any atom is -0.481 e. The highest BCUT2D eigenvalue weighted by Gasteiger charge is 2.22. The lowest BCUT2D eigenvalue weighted by atomic mass is 9.82. The van der Waals surface area contributed by atoms with Crippen LogP contribution in [0.3, 0.4) is 0 Å². The van der Waals surface area contributed by atoms with Crippen LogP contribution in [0, 0.1) is 12.8 Å². The predicted molar refractivity (Wildman–Crippen MR) is 80.9 cm³/mol. The maximum atomic E-state index is 12.1. The fourth-order valence-corrected chi connectivity index (χ4v) is 2.77. The molecular weight excluding hydrogens is 266 g/mol. The second-order valence-electron chi connectivity index (χ2n) is 5.91. The lowest BCUT2D eigenvalue weighted by Gasteiger charge is -2.25. The normalized spacial score (nSPS) is 16.0. The van der Waals surface area contributed by atoms with Gasteiger partial charge in [-0.25, -0.2) is 0 Å². The summed E-state index contributed by atoms with van der Waals surface area (Å²) in [5, 5.41) is 12.0. The first-order valence-corrected chi connectivity index (χ1v) is 7.63. The monoisotopic (exact) mass is 289 g/mol. The molecule has 0 heterocycles. The smallest absolute Gasteiger partial charge is 0.305 e. The zero-order valence-corrected chi connectivity index (χ0v) is 12.5. The minimum absolute atomic E-state index is 0.0450. The van der Waals surface area contributed by atoms with E-state index in [2.05, 4.69) is 5.32 Å². The topological polar surface area (TPSA) is 66.4 Å². The Morgan fingerprint density at radius 2 is 2.05 bits per heavy atom. The Morgan fingerprint density at radius 1 is 1.33 bits per heavy atom. The Bertz CT molecular complexity index is 509. The summed E-state index contributed by atoms with van der Waals surface area (Å²) in [5.41, 5.74) is 1.89. The molecule has 2 rings (SSSR count). The first kappa shape index (κ1) is 15.5. The van der Waals surface area contributed by atoms with Gasteiger partial charge in [0.25, 0.3) is 0 Å². The van der Waals surface area contributed by atoms with E-state index in [4.69, 9.17) is 5.11 Å². The van der Waals surface area contributed by atoms with Crippen molar-refractivity contribution >= 4 is 11.9 Å². The molecule has 1 aliphatic rings. The van der Waals surface area contributed by atoms with Gasteiger partial charge in [0.15, 0.2) is 0 Å². The van der Waals surface area contributed by atoms with Crippen LogP contribution >= 0.6 is 0 Å². The number of aliphatic carboxylic acids is 1. The molecule has 4 nitrogen and oxygen atoms in total. The summed E-state index contributed by atoms with van der Waals surface area (Å²) in [4.78, 5) is 23.1. The van der Waals surface area contributed by atoms with E-state index in [0.29, 0.717) is 12.3 Å². The van der Waals surface area contributed by atoms with E-state index in [1.165, 1.54) is 19.3 Å². The molecule has 1 aromatic rings. The second kappa shape index (κ2) is 7.25. The molecule has 1 atom stereocenters. The van der Waals surface area contributed by atoms with Gasteiger partial charge in [0.2, 0.25) is 5.91 Å². The standard InChI is InChI=1S/C17H23NO3/c1-12-5-2-3-8-14(12)15(11-17(20)21)18-16(19)10-9-13-6-4-7-13/h2-3,5,8,13,15H,4,6-7,9-11H2,1H3,(H,18,19)(H,20,21). The summed E-state index contributed by atoms with van der Waals surface area (Å²) >= 11 is 0. The minimum atomic E-state index is -0.900. The van der Waals surface area contributed by atoms with Gasteiger partial charge in [-0.1, -0.05) is 43.5 Å². The average Bonchev–Trinajstić information content (AvgIpc) is 2.36. The van der Waals surface area contributed by atoms with Gasteiger partial charge in [0.1, 0.15) is 0 Å². The quantitative estimate of drug-likeness (QED) is 0.810. The number of carboxylic acids is 1. The van der Waals surface area contributed by atoms with Crippen LogP contribution in [0.5, 0.6) is 0 Å². The van der Waals surface area contributed by atoms with E-state index in [0.717, 1.165) is 17.5 Å². The Morgan fingerprint density at radius 3 is 2.62 bits per heavy atom. The summed E-state index contributed by atoms with van der Waals surface area (Å²) < 4.78 is 0. The van der Waals surface area contributed by atoms with Crippen molar-refractivity contribution in [1.29, 1.82) is 0 Å². The number of carbonyl (C=O) groups excluding carboxylic acids is 1. The van der Waals surface area contributed by atoms with Crippen LogP contribution in [0.15, 0.2) is 24.3 Å². The highest BCUT2D eigenvalue weighted by atomic mass is 16.4. The number of hydrogen-bond donors (Lipinski definition) is 2. The van der Waals surface area contributed by atoms with Crippen molar-refractivity contribution in [1.82, 2.24) is 5.32 Å². The largest absolute Gasteiger partial charge is 0.481 e. The van der Waals surface area contributed by atoms with Gasteiger partial charge in [-0.05, 0) is 30.4 Å². The molecule has 1 fully saturated rings. The molecule has 0 radical (unpaired) electrons. The van der Waals surface area contributed by atoms with E-state index in [9.17, 15) is 9.59 Å². The number of nitrogens with one attached hydrogen (secondary N) is 1. The summed E-state index contributed by atoms with van der Waals surface area (Å²) in [6, 6.07) is 7.16. The summed E-state index contributed by atoms with van der Waals surface area (Å²) in [6.45, 7) is 1.94. The van der Waals surface area contributed by atoms with Crippen molar-refractivity contribution in [2.24, 2.45) is 5.92 Å². The van der Waals surface area contributed by atoms with Gasteiger partial charge in [0.05, 0.1) is 12.5 Å². The van der Waals surface area contributed by atoms with Crippen LogP contribution in [-0.4, -0.2) is 17.0 Å².